The molecule has 0 spiro atoms. The third kappa shape index (κ3) is 2.34. The summed E-state index contributed by atoms with van der Waals surface area (Å²) in [6.07, 6.45) is 10.4. The largest absolute Gasteiger partial charge is 0.328 e. The zero-order chi connectivity index (χ0) is 17.6. The Labute approximate surface area is 150 Å². The molecule has 1 aromatic rings. The Balaban J connectivity index is 1.73. The van der Waals surface area contributed by atoms with Crippen LogP contribution in [0.15, 0.2) is 23.8 Å². The number of allylic oxidation sites excluding steroid dienone is 2. The molecule has 3 aliphatic rings. The first-order chi connectivity index (χ1) is 12.1. The maximum atomic E-state index is 10.9. The van der Waals surface area contributed by atoms with Gasteiger partial charge >= 0.3 is 0 Å². The summed E-state index contributed by atoms with van der Waals surface area (Å²) >= 11 is 0. The molecule has 0 bridgehead atoms. The van der Waals surface area contributed by atoms with Crippen molar-refractivity contribution < 1.29 is 4.79 Å². The van der Waals surface area contributed by atoms with Gasteiger partial charge in [0.05, 0.1) is 11.3 Å². The number of benzene rings is 1. The minimum Gasteiger partial charge on any atom is -0.328 e. The Kier molecular flexibility index (Phi) is 3.95. The van der Waals surface area contributed by atoms with E-state index < -0.39 is 0 Å². The minimum atomic E-state index is 0.393. The van der Waals surface area contributed by atoms with Crippen molar-refractivity contribution in [3.8, 4) is 6.07 Å². The summed E-state index contributed by atoms with van der Waals surface area (Å²) in [5.41, 5.74) is 6.03. The number of rotatable bonds is 2. The Morgan fingerprint density at radius 1 is 1.28 bits per heavy atom. The van der Waals surface area contributed by atoms with E-state index in [1.807, 2.05) is 6.07 Å². The summed E-state index contributed by atoms with van der Waals surface area (Å²) in [6.45, 7) is 4.69. The lowest BCUT2D eigenvalue weighted by Crippen LogP contribution is -2.40. The van der Waals surface area contributed by atoms with E-state index >= 15 is 0 Å². The first-order valence-electron chi connectivity index (χ1n) is 9.55. The van der Waals surface area contributed by atoms with E-state index in [0.717, 1.165) is 18.3 Å². The molecule has 1 amide bonds. The average Bonchev–Trinajstić information content (AvgIpc) is 2.97. The summed E-state index contributed by atoms with van der Waals surface area (Å²) in [5, 5.41) is 12.1. The van der Waals surface area contributed by atoms with Crippen molar-refractivity contribution >= 4 is 12.1 Å². The Bertz CT molecular complexity index is 788. The van der Waals surface area contributed by atoms with Gasteiger partial charge in [0.25, 0.3) is 0 Å². The number of nitrogens with one attached hydrogen (secondary N) is 1. The van der Waals surface area contributed by atoms with Gasteiger partial charge < -0.3 is 5.32 Å². The number of carbonyl (C=O) groups excluding carboxylic acids is 1. The van der Waals surface area contributed by atoms with Gasteiger partial charge in [0.15, 0.2) is 0 Å². The van der Waals surface area contributed by atoms with Crippen LogP contribution in [-0.2, 0) is 11.2 Å². The maximum Gasteiger partial charge on any atom is 0.211 e. The number of nitriles is 1. The highest BCUT2D eigenvalue weighted by molar-refractivity contribution is 5.76. The van der Waals surface area contributed by atoms with E-state index in [9.17, 15) is 10.1 Å². The topological polar surface area (TPSA) is 52.9 Å². The van der Waals surface area contributed by atoms with Crippen LogP contribution in [-0.4, -0.2) is 6.41 Å². The van der Waals surface area contributed by atoms with Gasteiger partial charge in [-0.3, -0.25) is 4.79 Å². The Morgan fingerprint density at radius 3 is 2.84 bits per heavy atom. The molecule has 3 nitrogen and oxygen atoms in total. The van der Waals surface area contributed by atoms with Crippen molar-refractivity contribution in [3.63, 3.8) is 0 Å². The van der Waals surface area contributed by atoms with Crippen molar-refractivity contribution in [2.45, 2.75) is 58.3 Å². The standard InChI is InChI=1S/C22H26N2O/c1-3-16-5-7-20-18-6-4-14-10-15(12-23)21(24-13-25)11-19(14)17(18)8-9-22(16,20)2/h3,10-11,13,17-18,20H,4-9H2,1-2H3,(H,24,25)/b16-3-. The monoisotopic (exact) mass is 334 g/mol. The number of hydrogen-bond acceptors (Lipinski definition) is 2. The molecular weight excluding hydrogens is 308 g/mol. The number of anilines is 1. The molecule has 3 heteroatoms. The number of amides is 1. The van der Waals surface area contributed by atoms with Crippen molar-refractivity contribution in [3.05, 3.63) is 40.5 Å². The number of carbonyl (C=O) groups is 1. The normalized spacial score (nSPS) is 34.6. The van der Waals surface area contributed by atoms with Crippen LogP contribution in [0.4, 0.5) is 5.69 Å². The fourth-order valence-electron chi connectivity index (χ4n) is 6.22. The molecule has 1 N–H and O–H groups in total. The van der Waals surface area contributed by atoms with Gasteiger partial charge in [0.1, 0.15) is 6.07 Å². The van der Waals surface area contributed by atoms with Crippen molar-refractivity contribution in [2.24, 2.45) is 17.3 Å². The molecule has 2 saturated carbocycles. The molecule has 4 rings (SSSR count). The van der Waals surface area contributed by atoms with E-state index in [2.05, 4.69) is 37.4 Å². The lowest BCUT2D eigenvalue weighted by atomic mass is 9.55. The number of nitrogens with zero attached hydrogens (tertiary/aromatic N) is 1. The van der Waals surface area contributed by atoms with Gasteiger partial charge in [-0.05, 0) is 91.9 Å². The van der Waals surface area contributed by atoms with Crippen LogP contribution in [0.5, 0.6) is 0 Å². The third-order valence-corrected chi connectivity index (χ3v) is 7.39. The quantitative estimate of drug-likeness (QED) is 0.616. The van der Waals surface area contributed by atoms with E-state index in [4.69, 9.17) is 0 Å². The predicted octanol–water partition coefficient (Wildman–Crippen LogP) is 4.93. The number of hydrogen-bond donors (Lipinski definition) is 1. The fraction of sp³-hybridized carbons (Fsp3) is 0.545. The van der Waals surface area contributed by atoms with Crippen LogP contribution in [0.1, 0.15) is 68.6 Å². The second kappa shape index (κ2) is 6.02. The zero-order valence-corrected chi connectivity index (χ0v) is 15.1. The molecule has 2 fully saturated rings. The highest BCUT2D eigenvalue weighted by Gasteiger charge is 2.52. The summed E-state index contributed by atoms with van der Waals surface area (Å²) in [4.78, 5) is 10.9. The van der Waals surface area contributed by atoms with Crippen LogP contribution < -0.4 is 5.32 Å². The van der Waals surface area contributed by atoms with E-state index in [0.29, 0.717) is 29.0 Å². The molecule has 0 aliphatic heterocycles. The third-order valence-electron chi connectivity index (χ3n) is 7.39. The predicted molar refractivity (Wildman–Crippen MR) is 99.2 cm³/mol. The van der Waals surface area contributed by atoms with Gasteiger partial charge in [-0.15, -0.1) is 0 Å². The van der Waals surface area contributed by atoms with Gasteiger partial charge in [-0.1, -0.05) is 18.6 Å². The molecule has 1 aromatic carbocycles. The van der Waals surface area contributed by atoms with E-state index in [1.165, 1.54) is 43.2 Å². The van der Waals surface area contributed by atoms with Crippen LogP contribution in [0.25, 0.3) is 0 Å². The summed E-state index contributed by atoms with van der Waals surface area (Å²) < 4.78 is 0. The summed E-state index contributed by atoms with van der Waals surface area (Å²) in [6, 6.07) is 6.33. The van der Waals surface area contributed by atoms with Crippen LogP contribution in [0, 0.1) is 28.6 Å². The fourth-order valence-corrected chi connectivity index (χ4v) is 6.22. The summed E-state index contributed by atoms with van der Waals surface area (Å²) in [5.74, 6) is 2.10. The molecule has 4 atom stereocenters. The highest BCUT2D eigenvalue weighted by Crippen LogP contribution is 2.62. The van der Waals surface area contributed by atoms with Crippen molar-refractivity contribution in [1.82, 2.24) is 0 Å². The second-order valence-corrected chi connectivity index (χ2v) is 8.19. The lowest BCUT2D eigenvalue weighted by Gasteiger charge is -2.49. The molecular formula is C22H26N2O. The van der Waals surface area contributed by atoms with Gasteiger partial charge in [0.2, 0.25) is 6.41 Å². The molecule has 4 unspecified atom stereocenters. The van der Waals surface area contributed by atoms with E-state index in [-0.39, 0.29) is 0 Å². The Hall–Kier alpha value is -2.08. The minimum absolute atomic E-state index is 0.393. The first-order valence-corrected chi connectivity index (χ1v) is 9.55. The first kappa shape index (κ1) is 16.4. The number of fused-ring (bicyclic) bond motifs is 5. The average molecular weight is 334 g/mol. The summed E-state index contributed by atoms with van der Waals surface area (Å²) in [7, 11) is 0. The highest BCUT2D eigenvalue weighted by atomic mass is 16.1. The molecule has 0 saturated heterocycles. The molecule has 3 aliphatic carbocycles. The Morgan fingerprint density at radius 2 is 2.12 bits per heavy atom. The molecule has 0 radical (unpaired) electrons. The lowest BCUT2D eigenvalue weighted by molar-refractivity contribution is -0.105. The maximum absolute atomic E-state index is 10.9. The molecule has 130 valence electrons. The molecule has 25 heavy (non-hydrogen) atoms. The zero-order valence-electron chi connectivity index (χ0n) is 15.1. The van der Waals surface area contributed by atoms with Gasteiger partial charge in [-0.2, -0.15) is 5.26 Å². The van der Waals surface area contributed by atoms with Gasteiger partial charge in [-0.25, -0.2) is 0 Å². The van der Waals surface area contributed by atoms with Crippen LogP contribution in [0.3, 0.4) is 0 Å². The van der Waals surface area contributed by atoms with E-state index in [1.54, 1.807) is 5.57 Å². The second-order valence-electron chi connectivity index (χ2n) is 8.19. The SMILES string of the molecule is C/C=C1/CCC2C3CCc4cc(C#N)c(NC=O)cc4C3CCC12C. The van der Waals surface area contributed by atoms with Crippen molar-refractivity contribution in [1.29, 1.82) is 5.26 Å². The van der Waals surface area contributed by atoms with Crippen LogP contribution in [0.2, 0.25) is 0 Å². The number of aryl methyl sites for hydroxylation is 1. The van der Waals surface area contributed by atoms with Gasteiger partial charge in [0, 0.05) is 0 Å². The molecule has 0 aromatic heterocycles. The molecule has 0 heterocycles. The van der Waals surface area contributed by atoms with Crippen molar-refractivity contribution in [2.75, 3.05) is 5.32 Å². The smallest absolute Gasteiger partial charge is 0.211 e. The van der Waals surface area contributed by atoms with Crippen LogP contribution >= 0.6 is 0 Å².